The highest BCUT2D eigenvalue weighted by atomic mass is 19.1. The maximum absolute atomic E-state index is 13.5. The molecule has 0 atom stereocenters. The lowest BCUT2D eigenvalue weighted by Gasteiger charge is -2.28. The first-order valence-corrected chi connectivity index (χ1v) is 7.58. The van der Waals surface area contributed by atoms with Crippen LogP contribution in [0, 0.1) is 5.82 Å². The predicted octanol–water partition coefficient (Wildman–Crippen LogP) is 3.05. The summed E-state index contributed by atoms with van der Waals surface area (Å²) >= 11 is 0. The van der Waals surface area contributed by atoms with Crippen LogP contribution in [0.25, 0.3) is 5.69 Å². The van der Waals surface area contributed by atoms with Crippen molar-refractivity contribution in [3.05, 3.63) is 72.3 Å². The van der Waals surface area contributed by atoms with Gasteiger partial charge in [-0.05, 0) is 30.3 Å². The van der Waals surface area contributed by atoms with Crippen LogP contribution in [0.2, 0.25) is 0 Å². The Morgan fingerprint density at radius 3 is 2.79 bits per heavy atom. The van der Waals surface area contributed by atoms with Crippen molar-refractivity contribution in [2.75, 3.05) is 18.1 Å². The van der Waals surface area contributed by atoms with Crippen LogP contribution in [0.1, 0.15) is 10.5 Å². The normalized spacial score (nSPS) is 13.3. The molecule has 0 aliphatic carbocycles. The van der Waals surface area contributed by atoms with Gasteiger partial charge in [-0.25, -0.2) is 9.07 Å². The lowest BCUT2D eigenvalue weighted by Crippen LogP contribution is -2.38. The van der Waals surface area contributed by atoms with E-state index in [0.717, 1.165) is 5.69 Å². The smallest absolute Gasteiger partial charge is 0.279 e. The van der Waals surface area contributed by atoms with Crippen molar-refractivity contribution in [2.24, 2.45) is 0 Å². The van der Waals surface area contributed by atoms with Gasteiger partial charge in [-0.2, -0.15) is 5.10 Å². The number of halogens is 1. The second kappa shape index (κ2) is 5.81. The molecular formula is C18H14FN3O2. The highest BCUT2D eigenvalue weighted by molar-refractivity contribution is 6.05. The van der Waals surface area contributed by atoms with Crippen LogP contribution in [0.4, 0.5) is 10.1 Å². The van der Waals surface area contributed by atoms with Gasteiger partial charge in [0.25, 0.3) is 5.91 Å². The van der Waals surface area contributed by atoms with Crippen molar-refractivity contribution in [3.8, 4) is 11.4 Å². The van der Waals surface area contributed by atoms with Gasteiger partial charge in [0, 0.05) is 12.3 Å². The Hall–Kier alpha value is -3.15. The average Bonchev–Trinajstić information content (AvgIpc) is 3.11. The van der Waals surface area contributed by atoms with Crippen molar-refractivity contribution in [2.45, 2.75) is 0 Å². The molecule has 0 radical (unpaired) electrons. The van der Waals surface area contributed by atoms with E-state index in [1.807, 2.05) is 30.3 Å². The zero-order chi connectivity index (χ0) is 16.5. The molecule has 2 aromatic carbocycles. The molecule has 120 valence electrons. The minimum atomic E-state index is -0.410. The molecule has 24 heavy (non-hydrogen) atoms. The first-order chi connectivity index (χ1) is 11.7. The fourth-order valence-corrected chi connectivity index (χ4v) is 2.70. The van der Waals surface area contributed by atoms with E-state index in [4.69, 9.17) is 4.74 Å². The second-order valence-electron chi connectivity index (χ2n) is 5.40. The molecule has 0 unspecified atom stereocenters. The van der Waals surface area contributed by atoms with Crippen LogP contribution in [-0.2, 0) is 0 Å². The van der Waals surface area contributed by atoms with Gasteiger partial charge in [-0.3, -0.25) is 9.69 Å². The van der Waals surface area contributed by atoms with Crippen LogP contribution in [0.5, 0.6) is 5.75 Å². The van der Waals surface area contributed by atoms with E-state index < -0.39 is 5.82 Å². The zero-order valence-electron chi connectivity index (χ0n) is 12.7. The summed E-state index contributed by atoms with van der Waals surface area (Å²) in [5.74, 6) is -0.190. The maximum atomic E-state index is 13.5. The molecule has 1 aliphatic rings. The molecule has 3 aromatic rings. The van der Waals surface area contributed by atoms with Gasteiger partial charge < -0.3 is 4.74 Å². The molecule has 0 bridgehead atoms. The third kappa shape index (κ3) is 2.52. The van der Waals surface area contributed by atoms with E-state index in [1.54, 1.807) is 16.9 Å². The number of benzene rings is 2. The summed E-state index contributed by atoms with van der Waals surface area (Å²) in [6.45, 7) is 0.719. The summed E-state index contributed by atoms with van der Waals surface area (Å²) in [6.07, 6.45) is 1.73. The molecule has 5 nitrogen and oxygen atoms in total. The third-order valence-corrected chi connectivity index (χ3v) is 3.86. The van der Waals surface area contributed by atoms with Crippen LogP contribution in [0.3, 0.4) is 0 Å². The molecule has 0 saturated heterocycles. The molecule has 0 saturated carbocycles. The van der Waals surface area contributed by atoms with Gasteiger partial charge in [0.2, 0.25) is 0 Å². The number of amides is 1. The Morgan fingerprint density at radius 2 is 1.96 bits per heavy atom. The highest BCUT2D eigenvalue weighted by Crippen LogP contribution is 2.32. The van der Waals surface area contributed by atoms with Crippen molar-refractivity contribution >= 4 is 11.6 Å². The maximum Gasteiger partial charge on any atom is 0.279 e. The minimum Gasteiger partial charge on any atom is -0.490 e. The molecular weight excluding hydrogens is 309 g/mol. The topological polar surface area (TPSA) is 47.4 Å². The van der Waals surface area contributed by atoms with Crippen LogP contribution in [-0.4, -0.2) is 28.8 Å². The molecule has 0 spiro atoms. The molecule has 6 heteroatoms. The largest absolute Gasteiger partial charge is 0.490 e. The summed E-state index contributed by atoms with van der Waals surface area (Å²) in [5, 5.41) is 4.34. The molecule has 2 heterocycles. The Kier molecular flexibility index (Phi) is 3.49. The fraction of sp³-hybridized carbons (Fsp3) is 0.111. The SMILES string of the molecule is O=C(c1ccn(-c2ccccc2)n1)N1CCOc2ccc(F)cc21. The van der Waals surface area contributed by atoms with Gasteiger partial charge in [0.15, 0.2) is 5.69 Å². The molecule has 4 rings (SSSR count). The molecule has 0 fully saturated rings. The van der Waals surface area contributed by atoms with Crippen LogP contribution < -0.4 is 9.64 Å². The number of nitrogens with zero attached hydrogens (tertiary/aromatic N) is 3. The summed E-state index contributed by atoms with van der Waals surface area (Å²) in [6, 6.07) is 15.3. The van der Waals surface area contributed by atoms with E-state index in [9.17, 15) is 9.18 Å². The standard InChI is InChI=1S/C18H14FN3O2/c19-13-6-7-17-16(12-13)21(10-11-24-17)18(23)15-8-9-22(20-15)14-4-2-1-3-5-14/h1-9,12H,10-11H2. The number of aromatic nitrogens is 2. The highest BCUT2D eigenvalue weighted by Gasteiger charge is 2.26. The molecule has 1 amide bonds. The van der Waals surface area contributed by atoms with E-state index in [-0.39, 0.29) is 5.91 Å². The monoisotopic (exact) mass is 323 g/mol. The average molecular weight is 323 g/mol. The van der Waals surface area contributed by atoms with Crippen LogP contribution in [0.15, 0.2) is 60.8 Å². The zero-order valence-corrected chi connectivity index (χ0v) is 12.7. The van der Waals surface area contributed by atoms with E-state index >= 15 is 0 Å². The lowest BCUT2D eigenvalue weighted by atomic mass is 10.2. The number of para-hydroxylation sites is 1. The number of carbonyl (C=O) groups excluding carboxylic acids is 1. The molecule has 1 aliphatic heterocycles. The minimum absolute atomic E-state index is 0.278. The Balaban J connectivity index is 1.66. The molecule has 0 N–H and O–H groups in total. The summed E-state index contributed by atoms with van der Waals surface area (Å²) in [4.78, 5) is 14.3. The number of fused-ring (bicyclic) bond motifs is 1. The van der Waals surface area contributed by atoms with Gasteiger partial charge in [-0.15, -0.1) is 0 Å². The first-order valence-electron chi connectivity index (χ1n) is 7.58. The predicted molar refractivity (Wildman–Crippen MR) is 87.1 cm³/mol. The van der Waals surface area contributed by atoms with Crippen molar-refractivity contribution in [1.82, 2.24) is 9.78 Å². The van der Waals surface area contributed by atoms with Crippen LogP contribution >= 0.6 is 0 Å². The number of rotatable bonds is 2. The van der Waals surface area contributed by atoms with Gasteiger partial charge in [-0.1, -0.05) is 18.2 Å². The Bertz CT molecular complexity index is 892. The number of carbonyl (C=O) groups is 1. The summed E-state index contributed by atoms with van der Waals surface area (Å²) in [7, 11) is 0. The Morgan fingerprint density at radius 1 is 1.12 bits per heavy atom. The van der Waals surface area contributed by atoms with Gasteiger partial charge >= 0.3 is 0 Å². The first kappa shape index (κ1) is 14.4. The quantitative estimate of drug-likeness (QED) is 0.728. The van der Waals surface area contributed by atoms with Gasteiger partial charge in [0.05, 0.1) is 17.9 Å². The number of ether oxygens (including phenoxy) is 1. The van der Waals surface area contributed by atoms with Crippen molar-refractivity contribution in [1.29, 1.82) is 0 Å². The van der Waals surface area contributed by atoms with Crippen molar-refractivity contribution in [3.63, 3.8) is 0 Å². The summed E-state index contributed by atoms with van der Waals surface area (Å²) in [5.41, 5.74) is 1.60. The number of hydrogen-bond acceptors (Lipinski definition) is 3. The third-order valence-electron chi connectivity index (χ3n) is 3.86. The Labute approximate surface area is 137 Å². The van der Waals surface area contributed by atoms with E-state index in [1.165, 1.54) is 23.1 Å². The lowest BCUT2D eigenvalue weighted by molar-refractivity contribution is 0.0971. The second-order valence-corrected chi connectivity index (χ2v) is 5.40. The van der Waals surface area contributed by atoms with E-state index in [2.05, 4.69) is 5.10 Å². The van der Waals surface area contributed by atoms with Gasteiger partial charge in [0.1, 0.15) is 18.2 Å². The number of anilines is 1. The van der Waals surface area contributed by atoms with Crippen molar-refractivity contribution < 1.29 is 13.9 Å². The summed E-state index contributed by atoms with van der Waals surface area (Å²) < 4.78 is 20.7. The van der Waals surface area contributed by atoms with E-state index in [0.29, 0.717) is 30.3 Å². The number of hydrogen-bond donors (Lipinski definition) is 0. The fourth-order valence-electron chi connectivity index (χ4n) is 2.70. The molecule has 1 aromatic heterocycles.